The fourth-order valence-corrected chi connectivity index (χ4v) is 2.49. The summed E-state index contributed by atoms with van der Waals surface area (Å²) in [5.41, 5.74) is 0.238. The molecule has 0 aliphatic rings. The van der Waals surface area contributed by atoms with Gasteiger partial charge in [0.25, 0.3) is 0 Å². The van der Waals surface area contributed by atoms with Gasteiger partial charge in [-0.15, -0.1) is 0 Å². The van der Waals surface area contributed by atoms with Crippen molar-refractivity contribution >= 4 is 12.0 Å². The lowest BCUT2D eigenvalue weighted by Crippen LogP contribution is -2.34. The molecule has 2 rings (SSSR count). The maximum absolute atomic E-state index is 12.3. The van der Waals surface area contributed by atoms with Crippen molar-refractivity contribution in [1.29, 1.82) is 0 Å². The number of hydrogen-bond donors (Lipinski definition) is 2. The Morgan fingerprint density at radius 1 is 1.21 bits per heavy atom. The van der Waals surface area contributed by atoms with Crippen LogP contribution in [0.2, 0.25) is 0 Å². The number of aromatic nitrogens is 3. The molecule has 29 heavy (non-hydrogen) atoms. The second-order valence-electron chi connectivity index (χ2n) is 8.01. The quantitative estimate of drug-likeness (QED) is 0.649. The molecule has 0 bridgehead atoms. The fourth-order valence-electron chi connectivity index (χ4n) is 2.49. The molecule has 0 aromatic carbocycles. The smallest absolute Gasteiger partial charge is 0.407 e. The van der Waals surface area contributed by atoms with Crippen LogP contribution in [0.4, 0.5) is 4.79 Å². The highest BCUT2D eigenvalue weighted by molar-refractivity contribution is 5.76. The first kappa shape index (κ1) is 22.3. The van der Waals surface area contributed by atoms with Crippen LogP contribution < -0.4 is 10.6 Å². The molecular weight excluding hydrogens is 374 g/mol. The molecule has 1 unspecified atom stereocenters. The Morgan fingerprint density at radius 2 is 1.90 bits per heavy atom. The number of pyridine rings is 1. The van der Waals surface area contributed by atoms with Crippen LogP contribution in [0.3, 0.4) is 0 Å². The van der Waals surface area contributed by atoms with Crippen LogP contribution in [0, 0.1) is 5.92 Å². The minimum Gasteiger partial charge on any atom is -0.444 e. The van der Waals surface area contributed by atoms with E-state index in [1.807, 2.05) is 13.8 Å². The predicted octanol–water partition coefficient (Wildman–Crippen LogP) is 3.25. The van der Waals surface area contributed by atoms with Crippen LogP contribution in [0.25, 0.3) is 11.4 Å². The van der Waals surface area contributed by atoms with Crippen LogP contribution in [-0.4, -0.2) is 39.3 Å². The number of nitrogens with zero attached hydrogens (tertiary/aromatic N) is 3. The van der Waals surface area contributed by atoms with E-state index in [0.29, 0.717) is 24.7 Å². The van der Waals surface area contributed by atoms with Crippen molar-refractivity contribution in [2.24, 2.45) is 5.92 Å². The zero-order chi connectivity index (χ0) is 21.4. The van der Waals surface area contributed by atoms with Gasteiger partial charge in [0.2, 0.25) is 17.6 Å². The monoisotopic (exact) mass is 403 g/mol. The van der Waals surface area contributed by atoms with Gasteiger partial charge >= 0.3 is 6.09 Å². The third kappa shape index (κ3) is 7.52. The van der Waals surface area contributed by atoms with Crippen molar-refractivity contribution in [3.63, 3.8) is 0 Å². The number of carbonyl (C=O) groups is 2. The summed E-state index contributed by atoms with van der Waals surface area (Å²) in [6.45, 7) is 9.66. The standard InChI is InChI=1S/C20H29N5O4/c1-13(2)16(18-24-17(25-29-18)14-8-11-21-12-9-14)23-15(26)7-6-10-22-19(27)28-20(3,4)5/h8-9,11-13,16H,6-7,10H2,1-5H3,(H,22,27)(H,23,26). The van der Waals surface area contributed by atoms with Crippen LogP contribution in [0.5, 0.6) is 0 Å². The molecule has 9 nitrogen and oxygen atoms in total. The maximum atomic E-state index is 12.3. The van der Waals surface area contributed by atoms with Crippen LogP contribution in [-0.2, 0) is 9.53 Å². The number of hydrogen-bond acceptors (Lipinski definition) is 7. The Kier molecular flexibility index (Phi) is 7.69. The summed E-state index contributed by atoms with van der Waals surface area (Å²) < 4.78 is 10.5. The Balaban J connectivity index is 1.85. The van der Waals surface area contributed by atoms with Gasteiger partial charge in [-0.3, -0.25) is 9.78 Å². The molecule has 158 valence electrons. The Hall–Kier alpha value is -2.97. The van der Waals surface area contributed by atoms with E-state index in [4.69, 9.17) is 9.26 Å². The predicted molar refractivity (Wildman–Crippen MR) is 107 cm³/mol. The highest BCUT2D eigenvalue weighted by Gasteiger charge is 2.24. The average Bonchev–Trinajstić information content (AvgIpc) is 3.12. The molecule has 2 N–H and O–H groups in total. The summed E-state index contributed by atoms with van der Waals surface area (Å²) in [4.78, 5) is 32.3. The zero-order valence-electron chi connectivity index (χ0n) is 17.6. The van der Waals surface area contributed by atoms with Crippen molar-refractivity contribution in [2.75, 3.05) is 6.54 Å². The topological polar surface area (TPSA) is 119 Å². The first-order valence-electron chi connectivity index (χ1n) is 9.66. The lowest BCUT2D eigenvalue weighted by molar-refractivity contribution is -0.122. The van der Waals surface area contributed by atoms with Crippen molar-refractivity contribution in [3.05, 3.63) is 30.4 Å². The highest BCUT2D eigenvalue weighted by atomic mass is 16.6. The number of nitrogens with one attached hydrogen (secondary N) is 2. The maximum Gasteiger partial charge on any atom is 0.407 e. The Bertz CT molecular complexity index is 799. The molecule has 0 saturated carbocycles. The molecule has 2 amide bonds. The van der Waals surface area contributed by atoms with E-state index in [1.54, 1.807) is 45.3 Å². The number of rotatable bonds is 8. The van der Waals surface area contributed by atoms with Crippen molar-refractivity contribution in [3.8, 4) is 11.4 Å². The molecule has 1 atom stereocenters. The molecule has 2 aromatic heterocycles. The van der Waals surface area contributed by atoms with E-state index in [1.165, 1.54) is 0 Å². The first-order chi connectivity index (χ1) is 13.7. The number of carbonyl (C=O) groups excluding carboxylic acids is 2. The van der Waals surface area contributed by atoms with E-state index in [2.05, 4.69) is 25.8 Å². The van der Waals surface area contributed by atoms with E-state index in [0.717, 1.165) is 5.56 Å². The molecule has 0 spiro atoms. The van der Waals surface area contributed by atoms with Crippen molar-refractivity contribution in [2.45, 2.75) is 59.1 Å². The van der Waals surface area contributed by atoms with Gasteiger partial charge < -0.3 is 19.9 Å². The van der Waals surface area contributed by atoms with Crippen LogP contribution >= 0.6 is 0 Å². The third-order valence-corrected chi connectivity index (χ3v) is 3.88. The van der Waals surface area contributed by atoms with Gasteiger partial charge in [0.05, 0.1) is 0 Å². The lowest BCUT2D eigenvalue weighted by Gasteiger charge is -2.20. The highest BCUT2D eigenvalue weighted by Crippen LogP contribution is 2.23. The summed E-state index contributed by atoms with van der Waals surface area (Å²) in [5, 5.41) is 9.56. The van der Waals surface area contributed by atoms with Gasteiger partial charge in [-0.1, -0.05) is 19.0 Å². The van der Waals surface area contributed by atoms with Gasteiger partial charge in [-0.2, -0.15) is 4.98 Å². The van der Waals surface area contributed by atoms with Gasteiger partial charge in [-0.25, -0.2) is 4.79 Å². The minimum absolute atomic E-state index is 0.0598. The van der Waals surface area contributed by atoms with E-state index in [-0.39, 0.29) is 18.2 Å². The molecule has 0 radical (unpaired) electrons. The Morgan fingerprint density at radius 3 is 2.52 bits per heavy atom. The average molecular weight is 403 g/mol. The van der Waals surface area contributed by atoms with Crippen LogP contribution in [0.15, 0.2) is 29.0 Å². The van der Waals surface area contributed by atoms with Gasteiger partial charge in [0.15, 0.2) is 0 Å². The summed E-state index contributed by atoms with van der Waals surface area (Å²) in [5.74, 6) is 0.707. The minimum atomic E-state index is -0.550. The molecule has 0 aliphatic heterocycles. The molecular formula is C20H29N5O4. The molecule has 0 fully saturated rings. The zero-order valence-corrected chi connectivity index (χ0v) is 17.6. The molecule has 2 aromatic rings. The lowest BCUT2D eigenvalue weighted by atomic mass is 10.0. The summed E-state index contributed by atoms with van der Waals surface area (Å²) in [7, 11) is 0. The molecule has 0 aliphatic carbocycles. The van der Waals surface area contributed by atoms with E-state index < -0.39 is 17.7 Å². The van der Waals surface area contributed by atoms with Gasteiger partial charge in [0, 0.05) is 30.9 Å². The number of ether oxygens (including phenoxy) is 1. The SMILES string of the molecule is CC(C)C(NC(=O)CCCNC(=O)OC(C)(C)C)c1nc(-c2ccncc2)no1. The largest absolute Gasteiger partial charge is 0.444 e. The summed E-state index contributed by atoms with van der Waals surface area (Å²) >= 11 is 0. The number of alkyl carbamates (subject to hydrolysis) is 1. The normalized spacial score (nSPS) is 12.5. The summed E-state index contributed by atoms with van der Waals surface area (Å²) in [6.07, 6.45) is 3.55. The molecule has 0 saturated heterocycles. The van der Waals surface area contributed by atoms with Crippen molar-refractivity contribution < 1.29 is 18.8 Å². The Labute approximate surface area is 170 Å². The van der Waals surface area contributed by atoms with Gasteiger partial charge in [-0.05, 0) is 45.2 Å². The molecule has 2 heterocycles. The fraction of sp³-hybridized carbons (Fsp3) is 0.550. The molecule has 9 heteroatoms. The summed E-state index contributed by atoms with van der Waals surface area (Å²) in [6, 6.07) is 3.18. The van der Waals surface area contributed by atoms with E-state index >= 15 is 0 Å². The second kappa shape index (κ2) is 9.99. The van der Waals surface area contributed by atoms with Crippen LogP contribution in [0.1, 0.15) is 59.4 Å². The number of amides is 2. The first-order valence-corrected chi connectivity index (χ1v) is 9.66. The van der Waals surface area contributed by atoms with Crippen molar-refractivity contribution in [1.82, 2.24) is 25.8 Å². The van der Waals surface area contributed by atoms with E-state index in [9.17, 15) is 9.59 Å². The second-order valence-corrected chi connectivity index (χ2v) is 8.01. The third-order valence-electron chi connectivity index (χ3n) is 3.88. The van der Waals surface area contributed by atoms with Gasteiger partial charge in [0.1, 0.15) is 11.6 Å².